The lowest BCUT2D eigenvalue weighted by molar-refractivity contribution is -0.0729. The van der Waals surface area contributed by atoms with Crippen molar-refractivity contribution in [3.05, 3.63) is 41.0 Å². The summed E-state index contributed by atoms with van der Waals surface area (Å²) in [5.41, 5.74) is 0.481. The molecule has 4 atom stereocenters. The van der Waals surface area contributed by atoms with Crippen LogP contribution in [0.5, 0.6) is 28.7 Å². The van der Waals surface area contributed by atoms with Gasteiger partial charge in [-0.2, -0.15) is 0 Å². The van der Waals surface area contributed by atoms with Gasteiger partial charge in [-0.3, -0.25) is 4.79 Å². The Kier molecular flexibility index (Phi) is 4.53. The van der Waals surface area contributed by atoms with E-state index in [0.29, 0.717) is 46.3 Å². The Hall–Kier alpha value is -2.97. The van der Waals surface area contributed by atoms with Crippen LogP contribution in [0.1, 0.15) is 34.3 Å². The zero-order chi connectivity index (χ0) is 21.9. The van der Waals surface area contributed by atoms with Crippen LogP contribution in [0.3, 0.4) is 0 Å². The van der Waals surface area contributed by atoms with Gasteiger partial charge in [-0.15, -0.1) is 0 Å². The van der Waals surface area contributed by atoms with Crippen LogP contribution in [0.15, 0.2) is 24.3 Å². The van der Waals surface area contributed by atoms with Gasteiger partial charge in [0.1, 0.15) is 41.7 Å². The normalized spacial score (nSPS) is 24.9. The molecule has 0 amide bonds. The topological polar surface area (TPSA) is 104 Å². The first kappa shape index (κ1) is 20.0. The SMILES string of the molecule is COc1cc2c(cc1OC)[C@@H]1C(=O)c3ccc4c(c3O[C@@H]1CO2)C[C@H](C(C)(O)CO)O4. The van der Waals surface area contributed by atoms with E-state index < -0.39 is 30.3 Å². The van der Waals surface area contributed by atoms with Crippen LogP contribution in [-0.2, 0) is 6.42 Å². The lowest BCUT2D eigenvalue weighted by Gasteiger charge is -2.37. The Labute approximate surface area is 179 Å². The van der Waals surface area contributed by atoms with Crippen molar-refractivity contribution in [1.82, 2.24) is 0 Å². The number of hydrogen-bond donors (Lipinski definition) is 2. The smallest absolute Gasteiger partial charge is 0.178 e. The van der Waals surface area contributed by atoms with Gasteiger partial charge in [-0.25, -0.2) is 0 Å². The maximum absolute atomic E-state index is 13.6. The summed E-state index contributed by atoms with van der Waals surface area (Å²) >= 11 is 0. The van der Waals surface area contributed by atoms with E-state index in [2.05, 4.69) is 0 Å². The van der Waals surface area contributed by atoms with Gasteiger partial charge < -0.3 is 33.9 Å². The fourth-order valence-electron chi connectivity index (χ4n) is 4.51. The molecule has 2 aromatic rings. The quantitative estimate of drug-likeness (QED) is 0.761. The van der Waals surface area contributed by atoms with Gasteiger partial charge in [-0.1, -0.05) is 0 Å². The van der Waals surface area contributed by atoms with Crippen molar-refractivity contribution < 1.29 is 38.7 Å². The summed E-state index contributed by atoms with van der Waals surface area (Å²) in [5, 5.41) is 19.9. The van der Waals surface area contributed by atoms with Crippen LogP contribution in [0.25, 0.3) is 0 Å². The number of methoxy groups -OCH3 is 2. The average Bonchev–Trinajstić information content (AvgIpc) is 3.23. The third-order valence-corrected chi connectivity index (χ3v) is 6.33. The number of aliphatic hydroxyl groups excluding tert-OH is 1. The first-order valence-electron chi connectivity index (χ1n) is 10.1. The van der Waals surface area contributed by atoms with Gasteiger partial charge in [-0.05, 0) is 25.1 Å². The van der Waals surface area contributed by atoms with Crippen molar-refractivity contribution in [3.8, 4) is 28.7 Å². The molecule has 1 unspecified atom stereocenters. The second-order valence-corrected chi connectivity index (χ2v) is 8.30. The number of benzene rings is 2. The van der Waals surface area contributed by atoms with Gasteiger partial charge >= 0.3 is 0 Å². The zero-order valence-electron chi connectivity index (χ0n) is 17.5. The summed E-state index contributed by atoms with van der Waals surface area (Å²) in [6, 6.07) is 6.91. The highest BCUT2D eigenvalue weighted by Crippen LogP contribution is 2.50. The number of ketones is 1. The molecule has 0 aromatic heterocycles. The maximum Gasteiger partial charge on any atom is 0.178 e. The van der Waals surface area contributed by atoms with E-state index in [1.54, 1.807) is 38.5 Å². The number of aliphatic hydroxyl groups is 2. The molecular weight excluding hydrogens is 404 g/mol. The highest BCUT2D eigenvalue weighted by molar-refractivity contribution is 6.06. The Balaban J connectivity index is 1.55. The number of ether oxygens (including phenoxy) is 5. The number of carbonyl (C=O) groups is 1. The van der Waals surface area contributed by atoms with Gasteiger partial charge in [0.25, 0.3) is 0 Å². The molecular formula is C23H24O8. The first-order valence-corrected chi connectivity index (χ1v) is 10.1. The van der Waals surface area contributed by atoms with Crippen molar-refractivity contribution >= 4 is 5.78 Å². The number of Topliss-reactive ketones (excluding diaryl/α,β-unsaturated/α-hetero) is 1. The van der Waals surface area contributed by atoms with E-state index in [4.69, 9.17) is 23.7 Å². The minimum Gasteiger partial charge on any atom is -0.493 e. The number of fused-ring (bicyclic) bond motifs is 6. The van der Waals surface area contributed by atoms with Crippen LogP contribution < -0.4 is 23.7 Å². The first-order chi connectivity index (χ1) is 14.9. The molecule has 0 radical (unpaired) electrons. The average molecular weight is 428 g/mol. The molecule has 2 aromatic carbocycles. The van der Waals surface area contributed by atoms with Gasteiger partial charge in [0, 0.05) is 23.6 Å². The molecule has 5 rings (SSSR count). The minimum atomic E-state index is -1.41. The highest BCUT2D eigenvalue weighted by Gasteiger charge is 2.47. The number of hydrogen-bond acceptors (Lipinski definition) is 8. The molecule has 8 nitrogen and oxygen atoms in total. The highest BCUT2D eigenvalue weighted by atomic mass is 16.5. The van der Waals surface area contributed by atoms with Crippen LogP contribution in [0, 0.1) is 0 Å². The Morgan fingerprint density at radius 2 is 1.87 bits per heavy atom. The lowest BCUT2D eigenvalue weighted by atomic mass is 9.81. The molecule has 164 valence electrons. The van der Waals surface area contributed by atoms with Crippen molar-refractivity contribution in [1.29, 1.82) is 0 Å². The summed E-state index contributed by atoms with van der Waals surface area (Å²) in [7, 11) is 3.09. The standard InChI is InChI=1S/C23H24O8/c1-23(26,10-24)19-7-13-14(30-19)5-4-11-21(25)20-12-6-16(27-2)17(28-3)8-15(12)29-9-18(20)31-22(11)13/h4-6,8,18-20,24,26H,7,9-10H2,1-3H3/t18-,19-,20+,23?/m1/s1. The number of carbonyl (C=O) groups excluding carboxylic acids is 1. The van der Waals surface area contributed by atoms with Crippen molar-refractivity contribution in [3.63, 3.8) is 0 Å². The van der Waals surface area contributed by atoms with Gasteiger partial charge in [0.05, 0.1) is 32.3 Å². The second kappa shape index (κ2) is 7.03. The number of rotatable bonds is 4. The third kappa shape index (κ3) is 2.93. The molecule has 0 saturated heterocycles. The fraction of sp³-hybridized carbons (Fsp3) is 0.435. The van der Waals surface area contributed by atoms with Gasteiger partial charge in [0.2, 0.25) is 0 Å². The predicted molar refractivity (Wildman–Crippen MR) is 109 cm³/mol. The summed E-state index contributed by atoms with van der Waals surface area (Å²) in [6.07, 6.45) is -0.802. The molecule has 0 fully saturated rings. The molecule has 0 saturated carbocycles. The van der Waals surface area contributed by atoms with Crippen LogP contribution in [0.2, 0.25) is 0 Å². The Morgan fingerprint density at radius 1 is 1.13 bits per heavy atom. The van der Waals surface area contributed by atoms with Crippen molar-refractivity contribution in [2.75, 3.05) is 27.4 Å². The van der Waals surface area contributed by atoms with Crippen LogP contribution in [0.4, 0.5) is 0 Å². The molecule has 0 bridgehead atoms. The molecule has 0 aliphatic carbocycles. The van der Waals surface area contributed by atoms with E-state index in [-0.39, 0.29) is 12.4 Å². The van der Waals surface area contributed by atoms with Crippen LogP contribution in [-0.4, -0.2) is 61.2 Å². The van der Waals surface area contributed by atoms with E-state index >= 15 is 0 Å². The van der Waals surface area contributed by atoms with E-state index in [1.807, 2.05) is 0 Å². The predicted octanol–water partition coefficient (Wildman–Crippen LogP) is 1.87. The summed E-state index contributed by atoms with van der Waals surface area (Å²) in [6.45, 7) is 1.29. The molecule has 2 N–H and O–H groups in total. The minimum absolute atomic E-state index is 0.0665. The molecule has 3 heterocycles. The summed E-state index contributed by atoms with van der Waals surface area (Å²) < 4.78 is 28.8. The third-order valence-electron chi connectivity index (χ3n) is 6.33. The summed E-state index contributed by atoms with van der Waals surface area (Å²) in [5.74, 6) is 2.03. The molecule has 3 aliphatic heterocycles. The van der Waals surface area contributed by atoms with Crippen molar-refractivity contribution in [2.45, 2.75) is 37.1 Å². The molecule has 0 spiro atoms. The van der Waals surface area contributed by atoms with Crippen molar-refractivity contribution in [2.24, 2.45) is 0 Å². The van der Waals surface area contributed by atoms with E-state index in [9.17, 15) is 15.0 Å². The fourth-order valence-corrected chi connectivity index (χ4v) is 4.51. The summed E-state index contributed by atoms with van der Waals surface area (Å²) in [4.78, 5) is 13.6. The second-order valence-electron chi connectivity index (χ2n) is 8.30. The van der Waals surface area contributed by atoms with E-state index in [0.717, 1.165) is 5.56 Å². The largest absolute Gasteiger partial charge is 0.493 e. The monoisotopic (exact) mass is 428 g/mol. The molecule has 8 heteroatoms. The van der Waals surface area contributed by atoms with E-state index in [1.165, 1.54) is 6.92 Å². The molecule has 3 aliphatic rings. The zero-order valence-corrected chi connectivity index (χ0v) is 17.5. The van der Waals surface area contributed by atoms with Gasteiger partial charge in [0.15, 0.2) is 17.3 Å². The Bertz CT molecular complexity index is 1060. The maximum atomic E-state index is 13.6. The van der Waals surface area contributed by atoms with Crippen LogP contribution >= 0.6 is 0 Å². The lowest BCUT2D eigenvalue weighted by Crippen LogP contribution is -2.45. The Morgan fingerprint density at radius 3 is 2.58 bits per heavy atom. The molecule has 31 heavy (non-hydrogen) atoms.